The van der Waals surface area contributed by atoms with E-state index in [2.05, 4.69) is 34.4 Å². The number of benzene rings is 2. The lowest BCUT2D eigenvalue weighted by atomic mass is 10.1. The number of anilines is 2. The van der Waals surface area contributed by atoms with Gasteiger partial charge in [-0.1, -0.05) is 13.8 Å². The average Bonchev–Trinajstić information content (AvgIpc) is 2.77. The van der Waals surface area contributed by atoms with Crippen molar-refractivity contribution in [2.24, 2.45) is 0 Å². The first-order valence-corrected chi connectivity index (χ1v) is 11.2. The average molecular weight is 457 g/mol. The fraction of sp³-hybridized carbons (Fsp3) is 0.360. The molecule has 3 N–H and O–H groups in total. The number of nitrogens with zero attached hydrogens (tertiary/aromatic N) is 1. The van der Waals surface area contributed by atoms with Crippen LogP contribution in [0.2, 0.25) is 0 Å². The SMILES string of the molecule is CCN(CC)CCCC(C)Nc1ccc(NC(=O)c2cc(=O)[nH]c3cc(F)ccc23)cc1F. The van der Waals surface area contributed by atoms with Gasteiger partial charge in [-0.15, -0.1) is 0 Å². The highest BCUT2D eigenvalue weighted by atomic mass is 19.1. The van der Waals surface area contributed by atoms with Crippen molar-refractivity contribution in [1.82, 2.24) is 9.88 Å². The van der Waals surface area contributed by atoms with Gasteiger partial charge in [-0.25, -0.2) is 8.78 Å². The van der Waals surface area contributed by atoms with Gasteiger partial charge in [-0.2, -0.15) is 0 Å². The van der Waals surface area contributed by atoms with Crippen molar-refractivity contribution in [3.8, 4) is 0 Å². The summed E-state index contributed by atoms with van der Waals surface area (Å²) < 4.78 is 28.2. The highest BCUT2D eigenvalue weighted by Gasteiger charge is 2.14. The third-order valence-corrected chi connectivity index (χ3v) is 5.68. The predicted molar refractivity (Wildman–Crippen MR) is 129 cm³/mol. The lowest BCUT2D eigenvalue weighted by Crippen LogP contribution is -2.25. The van der Waals surface area contributed by atoms with E-state index in [-0.39, 0.29) is 22.8 Å². The zero-order valence-corrected chi connectivity index (χ0v) is 19.2. The number of H-pyrrole nitrogens is 1. The molecule has 0 saturated carbocycles. The first kappa shape index (κ1) is 24.4. The van der Waals surface area contributed by atoms with Crippen LogP contribution in [0.25, 0.3) is 10.9 Å². The van der Waals surface area contributed by atoms with Crippen molar-refractivity contribution in [2.75, 3.05) is 30.3 Å². The fourth-order valence-electron chi connectivity index (χ4n) is 3.83. The van der Waals surface area contributed by atoms with Gasteiger partial charge in [0.15, 0.2) is 0 Å². The minimum absolute atomic E-state index is 0.0817. The molecule has 0 aliphatic heterocycles. The second-order valence-corrected chi connectivity index (χ2v) is 8.10. The molecule has 1 amide bonds. The smallest absolute Gasteiger partial charge is 0.256 e. The molecule has 8 heteroatoms. The van der Waals surface area contributed by atoms with E-state index in [1.165, 1.54) is 18.2 Å². The van der Waals surface area contributed by atoms with Gasteiger partial charge in [0, 0.05) is 23.2 Å². The Morgan fingerprint density at radius 2 is 1.85 bits per heavy atom. The number of halogens is 2. The van der Waals surface area contributed by atoms with E-state index < -0.39 is 23.1 Å². The summed E-state index contributed by atoms with van der Waals surface area (Å²) in [5.41, 5.74) is 0.388. The number of pyridine rings is 1. The van der Waals surface area contributed by atoms with E-state index in [0.29, 0.717) is 11.1 Å². The van der Waals surface area contributed by atoms with Crippen LogP contribution < -0.4 is 16.2 Å². The molecule has 3 rings (SSSR count). The molecule has 3 aromatic rings. The van der Waals surface area contributed by atoms with Crippen LogP contribution in [-0.4, -0.2) is 41.5 Å². The number of hydrogen-bond acceptors (Lipinski definition) is 4. The predicted octanol–water partition coefficient (Wildman–Crippen LogP) is 4.98. The van der Waals surface area contributed by atoms with Gasteiger partial charge in [-0.05, 0) is 75.8 Å². The summed E-state index contributed by atoms with van der Waals surface area (Å²) in [6, 6.07) is 9.43. The molecular weight excluding hydrogens is 426 g/mol. The summed E-state index contributed by atoms with van der Waals surface area (Å²) in [5.74, 6) is -1.59. The Balaban J connectivity index is 1.66. The van der Waals surface area contributed by atoms with Gasteiger partial charge in [0.05, 0.1) is 16.8 Å². The number of aromatic nitrogens is 1. The van der Waals surface area contributed by atoms with Gasteiger partial charge in [-0.3, -0.25) is 9.59 Å². The number of carbonyl (C=O) groups is 1. The zero-order valence-electron chi connectivity index (χ0n) is 19.2. The summed E-state index contributed by atoms with van der Waals surface area (Å²) >= 11 is 0. The Kier molecular flexibility index (Phi) is 8.16. The van der Waals surface area contributed by atoms with Crippen LogP contribution in [0.1, 0.15) is 44.0 Å². The first-order valence-electron chi connectivity index (χ1n) is 11.2. The lowest BCUT2D eigenvalue weighted by Gasteiger charge is -2.20. The minimum atomic E-state index is -0.581. The lowest BCUT2D eigenvalue weighted by molar-refractivity contribution is 0.102. The van der Waals surface area contributed by atoms with E-state index in [9.17, 15) is 18.4 Å². The van der Waals surface area contributed by atoms with Crippen molar-refractivity contribution in [3.63, 3.8) is 0 Å². The van der Waals surface area contributed by atoms with Gasteiger partial charge >= 0.3 is 0 Å². The molecule has 2 aromatic carbocycles. The van der Waals surface area contributed by atoms with Gasteiger partial charge in [0.1, 0.15) is 11.6 Å². The number of nitrogens with one attached hydrogen (secondary N) is 3. The maximum absolute atomic E-state index is 14.7. The van der Waals surface area contributed by atoms with E-state index >= 15 is 0 Å². The molecule has 176 valence electrons. The van der Waals surface area contributed by atoms with Crippen molar-refractivity contribution in [3.05, 3.63) is 70.0 Å². The molecule has 0 spiro atoms. The van der Waals surface area contributed by atoms with Gasteiger partial charge < -0.3 is 20.5 Å². The van der Waals surface area contributed by atoms with Crippen LogP contribution in [-0.2, 0) is 0 Å². The second-order valence-electron chi connectivity index (χ2n) is 8.10. The quantitative estimate of drug-likeness (QED) is 0.402. The largest absolute Gasteiger partial charge is 0.380 e. The molecule has 33 heavy (non-hydrogen) atoms. The van der Waals surface area contributed by atoms with Crippen LogP contribution in [0, 0.1) is 11.6 Å². The van der Waals surface area contributed by atoms with Crippen LogP contribution >= 0.6 is 0 Å². The normalized spacial score (nSPS) is 12.2. The van der Waals surface area contributed by atoms with Crippen LogP contribution in [0.4, 0.5) is 20.2 Å². The maximum Gasteiger partial charge on any atom is 0.256 e. The molecule has 0 saturated heterocycles. The number of hydrogen-bond donors (Lipinski definition) is 3. The first-order chi connectivity index (χ1) is 15.8. The molecule has 0 radical (unpaired) electrons. The fourth-order valence-corrected chi connectivity index (χ4v) is 3.83. The van der Waals surface area contributed by atoms with Gasteiger partial charge in [0.25, 0.3) is 5.91 Å². The van der Waals surface area contributed by atoms with Crippen LogP contribution in [0.15, 0.2) is 47.3 Å². The molecule has 0 bridgehead atoms. The topological polar surface area (TPSA) is 77.2 Å². The van der Waals surface area contributed by atoms with Gasteiger partial charge in [0.2, 0.25) is 5.56 Å². The van der Waals surface area contributed by atoms with E-state index in [1.54, 1.807) is 12.1 Å². The molecular formula is C25H30F2N4O2. The van der Waals surface area contributed by atoms with Crippen molar-refractivity contribution in [2.45, 2.75) is 39.7 Å². The second kappa shape index (κ2) is 11.0. The molecule has 1 atom stereocenters. The maximum atomic E-state index is 14.7. The monoisotopic (exact) mass is 456 g/mol. The van der Waals surface area contributed by atoms with E-state index in [0.717, 1.165) is 44.6 Å². The Hall–Kier alpha value is -3.26. The molecule has 1 unspecified atom stereocenters. The Labute approximate surface area is 192 Å². The number of amides is 1. The number of carbonyl (C=O) groups excluding carboxylic acids is 1. The summed E-state index contributed by atoms with van der Waals surface area (Å²) in [5, 5.41) is 6.19. The Morgan fingerprint density at radius 1 is 1.09 bits per heavy atom. The minimum Gasteiger partial charge on any atom is -0.380 e. The third-order valence-electron chi connectivity index (χ3n) is 5.68. The Morgan fingerprint density at radius 3 is 2.55 bits per heavy atom. The summed E-state index contributed by atoms with van der Waals surface area (Å²) in [6.45, 7) is 9.33. The van der Waals surface area contributed by atoms with Crippen LogP contribution in [0.3, 0.4) is 0 Å². The van der Waals surface area contributed by atoms with Crippen LogP contribution in [0.5, 0.6) is 0 Å². The van der Waals surface area contributed by atoms with E-state index in [1.807, 2.05) is 6.92 Å². The summed E-state index contributed by atoms with van der Waals surface area (Å²) in [4.78, 5) is 29.5. The van der Waals surface area contributed by atoms with E-state index in [4.69, 9.17) is 0 Å². The number of aromatic amines is 1. The summed E-state index contributed by atoms with van der Waals surface area (Å²) in [6.07, 6.45) is 1.92. The zero-order chi connectivity index (χ0) is 24.0. The van der Waals surface area contributed by atoms with Crippen molar-refractivity contribution in [1.29, 1.82) is 0 Å². The third kappa shape index (κ3) is 6.38. The molecule has 1 heterocycles. The number of rotatable bonds is 10. The van der Waals surface area contributed by atoms with Crippen molar-refractivity contribution < 1.29 is 13.6 Å². The highest BCUT2D eigenvalue weighted by molar-refractivity contribution is 6.12. The number of fused-ring (bicyclic) bond motifs is 1. The molecule has 1 aromatic heterocycles. The molecule has 0 aliphatic rings. The molecule has 0 fully saturated rings. The standard InChI is InChI=1S/C25H30F2N4O2/c1-4-31(5-2)12-6-7-16(3)28-22-11-9-18(14-21(22)27)29-25(33)20-15-24(32)30-23-13-17(26)8-10-19(20)23/h8-11,13-16,28H,4-7,12H2,1-3H3,(H,29,33)(H,30,32). The molecule has 0 aliphatic carbocycles. The molecule has 6 nitrogen and oxygen atoms in total. The Bertz CT molecular complexity index is 1170. The summed E-state index contributed by atoms with van der Waals surface area (Å²) in [7, 11) is 0. The highest BCUT2D eigenvalue weighted by Crippen LogP contribution is 2.22. The van der Waals surface area contributed by atoms with Crippen molar-refractivity contribution >= 4 is 28.2 Å².